The van der Waals surface area contributed by atoms with Crippen molar-refractivity contribution in [1.29, 1.82) is 0 Å². The Morgan fingerprint density at radius 2 is 2.30 bits per heavy atom. The highest BCUT2D eigenvalue weighted by Crippen LogP contribution is 2.31. The minimum absolute atomic E-state index is 0.0677. The van der Waals surface area contributed by atoms with Crippen LogP contribution in [0.15, 0.2) is 34.9 Å². The quantitative estimate of drug-likeness (QED) is 0.890. The first-order valence-corrected chi connectivity index (χ1v) is 7.65. The molecule has 0 saturated heterocycles. The van der Waals surface area contributed by atoms with Crippen LogP contribution in [0.1, 0.15) is 30.2 Å². The van der Waals surface area contributed by atoms with Crippen LogP contribution in [0.5, 0.6) is 0 Å². The number of amides is 1. The van der Waals surface area contributed by atoms with Gasteiger partial charge in [-0.25, -0.2) is 0 Å². The summed E-state index contributed by atoms with van der Waals surface area (Å²) in [5.74, 6) is 1.02. The maximum absolute atomic E-state index is 11.7. The smallest absolute Gasteiger partial charge is 0.223 e. The summed E-state index contributed by atoms with van der Waals surface area (Å²) in [4.78, 5) is 13.5. The van der Waals surface area contributed by atoms with Crippen LogP contribution in [-0.4, -0.2) is 17.6 Å². The number of carbonyl (C=O) groups excluding carboxylic acids is 1. The standard InChI is InChI=1S/C15H17NO3S/c17-11(9-16-15(18)10-3-1-4-10)13-6-7-14(20-13)12-5-2-8-19-12/h2,5-8,10-11,17H,1,3-4,9H2,(H,16,18). The number of rotatable bonds is 5. The number of aliphatic hydroxyl groups excluding tert-OH is 1. The largest absolute Gasteiger partial charge is 0.464 e. The Labute approximate surface area is 121 Å². The predicted octanol–water partition coefficient (Wildman–Crippen LogP) is 2.96. The fourth-order valence-corrected chi connectivity index (χ4v) is 3.16. The Balaban J connectivity index is 1.57. The molecule has 1 fully saturated rings. The molecule has 2 N–H and O–H groups in total. The summed E-state index contributed by atoms with van der Waals surface area (Å²) in [7, 11) is 0. The van der Waals surface area contributed by atoms with Gasteiger partial charge in [-0.15, -0.1) is 11.3 Å². The van der Waals surface area contributed by atoms with E-state index >= 15 is 0 Å². The number of hydrogen-bond donors (Lipinski definition) is 2. The second-order valence-corrected chi connectivity index (χ2v) is 6.18. The van der Waals surface area contributed by atoms with Crippen molar-refractivity contribution in [3.8, 4) is 10.6 Å². The van der Waals surface area contributed by atoms with E-state index in [-0.39, 0.29) is 18.4 Å². The lowest BCUT2D eigenvalue weighted by atomic mass is 9.85. The molecule has 1 atom stereocenters. The van der Waals surface area contributed by atoms with Crippen molar-refractivity contribution < 1.29 is 14.3 Å². The topological polar surface area (TPSA) is 62.5 Å². The first-order chi connectivity index (χ1) is 9.74. The molecule has 0 spiro atoms. The van der Waals surface area contributed by atoms with Crippen molar-refractivity contribution >= 4 is 17.2 Å². The average molecular weight is 291 g/mol. The van der Waals surface area contributed by atoms with Crippen molar-refractivity contribution in [2.45, 2.75) is 25.4 Å². The van der Waals surface area contributed by atoms with Gasteiger partial charge in [0, 0.05) is 17.3 Å². The fourth-order valence-electron chi connectivity index (χ4n) is 2.20. The number of aliphatic hydroxyl groups is 1. The molecule has 1 aliphatic rings. The van der Waals surface area contributed by atoms with Crippen LogP contribution >= 0.6 is 11.3 Å². The van der Waals surface area contributed by atoms with E-state index in [2.05, 4.69) is 5.32 Å². The van der Waals surface area contributed by atoms with E-state index in [1.165, 1.54) is 11.3 Å². The first-order valence-electron chi connectivity index (χ1n) is 6.83. The molecule has 1 saturated carbocycles. The van der Waals surface area contributed by atoms with Crippen LogP contribution < -0.4 is 5.32 Å². The zero-order valence-corrected chi connectivity index (χ0v) is 11.9. The molecule has 2 aromatic heterocycles. The normalized spacial score (nSPS) is 16.6. The van der Waals surface area contributed by atoms with Crippen molar-refractivity contribution in [1.82, 2.24) is 5.32 Å². The Morgan fingerprint density at radius 1 is 1.45 bits per heavy atom. The zero-order chi connectivity index (χ0) is 13.9. The predicted molar refractivity (Wildman–Crippen MR) is 77.3 cm³/mol. The molecule has 1 unspecified atom stereocenters. The molecule has 1 aliphatic carbocycles. The SMILES string of the molecule is O=C(NCC(O)c1ccc(-c2ccco2)s1)C1CCC1. The Morgan fingerprint density at radius 3 is 2.95 bits per heavy atom. The van der Waals surface area contributed by atoms with Crippen LogP contribution in [0.25, 0.3) is 10.6 Å². The van der Waals surface area contributed by atoms with Gasteiger partial charge in [-0.3, -0.25) is 4.79 Å². The Bertz CT molecular complexity index is 572. The molecule has 4 nitrogen and oxygen atoms in total. The maximum atomic E-state index is 11.7. The van der Waals surface area contributed by atoms with E-state index in [0.29, 0.717) is 0 Å². The lowest BCUT2D eigenvalue weighted by molar-refractivity contribution is -0.127. The van der Waals surface area contributed by atoms with E-state index in [0.717, 1.165) is 34.8 Å². The van der Waals surface area contributed by atoms with Gasteiger partial charge in [-0.05, 0) is 37.1 Å². The molecule has 20 heavy (non-hydrogen) atoms. The fraction of sp³-hybridized carbons (Fsp3) is 0.400. The monoisotopic (exact) mass is 291 g/mol. The molecule has 106 valence electrons. The van der Waals surface area contributed by atoms with Crippen LogP contribution in [0.4, 0.5) is 0 Å². The van der Waals surface area contributed by atoms with Gasteiger partial charge in [0.2, 0.25) is 5.91 Å². The molecule has 2 aromatic rings. The Kier molecular flexibility index (Phi) is 3.89. The third-order valence-electron chi connectivity index (χ3n) is 3.66. The van der Waals surface area contributed by atoms with Gasteiger partial charge in [-0.1, -0.05) is 6.42 Å². The Hall–Kier alpha value is -1.59. The van der Waals surface area contributed by atoms with Crippen LogP contribution in [0, 0.1) is 5.92 Å². The summed E-state index contributed by atoms with van der Waals surface area (Å²) >= 11 is 1.48. The highest BCUT2D eigenvalue weighted by molar-refractivity contribution is 7.15. The molecular weight excluding hydrogens is 274 g/mol. The molecule has 0 aliphatic heterocycles. The third kappa shape index (κ3) is 2.78. The lowest BCUT2D eigenvalue weighted by Crippen LogP contribution is -2.36. The number of nitrogens with one attached hydrogen (secondary N) is 1. The summed E-state index contributed by atoms with van der Waals surface area (Å²) in [6, 6.07) is 7.53. The third-order valence-corrected chi connectivity index (χ3v) is 4.87. The minimum Gasteiger partial charge on any atom is -0.464 e. The molecule has 0 aromatic carbocycles. The van der Waals surface area contributed by atoms with E-state index in [9.17, 15) is 9.90 Å². The average Bonchev–Trinajstić information content (AvgIpc) is 3.03. The van der Waals surface area contributed by atoms with Crippen molar-refractivity contribution in [3.05, 3.63) is 35.4 Å². The van der Waals surface area contributed by atoms with Gasteiger partial charge in [0.15, 0.2) is 0 Å². The molecule has 2 heterocycles. The number of carbonyl (C=O) groups is 1. The van der Waals surface area contributed by atoms with E-state index < -0.39 is 6.10 Å². The van der Waals surface area contributed by atoms with Crippen LogP contribution in [0.2, 0.25) is 0 Å². The van der Waals surface area contributed by atoms with Crippen molar-refractivity contribution in [2.24, 2.45) is 5.92 Å². The minimum atomic E-state index is -0.660. The molecule has 5 heteroatoms. The number of hydrogen-bond acceptors (Lipinski definition) is 4. The lowest BCUT2D eigenvalue weighted by Gasteiger charge is -2.24. The molecule has 0 radical (unpaired) electrons. The highest BCUT2D eigenvalue weighted by atomic mass is 32.1. The summed E-state index contributed by atoms with van der Waals surface area (Å²) in [6.45, 7) is 0.271. The van der Waals surface area contributed by atoms with Crippen molar-refractivity contribution in [3.63, 3.8) is 0 Å². The summed E-state index contributed by atoms with van der Waals surface area (Å²) in [6.07, 6.45) is 4.06. The maximum Gasteiger partial charge on any atom is 0.223 e. The second kappa shape index (κ2) is 5.81. The van der Waals surface area contributed by atoms with Gasteiger partial charge >= 0.3 is 0 Å². The van der Waals surface area contributed by atoms with Gasteiger partial charge in [0.05, 0.1) is 11.1 Å². The molecule has 3 rings (SSSR count). The summed E-state index contributed by atoms with van der Waals surface area (Å²) in [5.41, 5.74) is 0. The van der Waals surface area contributed by atoms with Gasteiger partial charge in [-0.2, -0.15) is 0 Å². The summed E-state index contributed by atoms with van der Waals surface area (Å²) in [5, 5.41) is 12.9. The first kappa shape index (κ1) is 13.4. The van der Waals surface area contributed by atoms with Crippen LogP contribution in [-0.2, 0) is 4.79 Å². The number of furan rings is 1. The molecular formula is C15H17NO3S. The van der Waals surface area contributed by atoms with E-state index in [1.54, 1.807) is 6.26 Å². The summed E-state index contributed by atoms with van der Waals surface area (Å²) < 4.78 is 5.32. The van der Waals surface area contributed by atoms with E-state index in [4.69, 9.17) is 4.42 Å². The van der Waals surface area contributed by atoms with Gasteiger partial charge < -0.3 is 14.8 Å². The number of thiophene rings is 1. The highest BCUT2D eigenvalue weighted by Gasteiger charge is 2.25. The zero-order valence-electron chi connectivity index (χ0n) is 11.0. The van der Waals surface area contributed by atoms with Gasteiger partial charge in [0.25, 0.3) is 0 Å². The van der Waals surface area contributed by atoms with Crippen molar-refractivity contribution in [2.75, 3.05) is 6.54 Å². The van der Waals surface area contributed by atoms with E-state index in [1.807, 2.05) is 24.3 Å². The van der Waals surface area contributed by atoms with Crippen LogP contribution in [0.3, 0.4) is 0 Å². The molecule has 1 amide bonds. The van der Waals surface area contributed by atoms with Gasteiger partial charge in [0.1, 0.15) is 11.9 Å². The second-order valence-electron chi connectivity index (χ2n) is 5.07. The molecule has 0 bridgehead atoms.